The van der Waals surface area contributed by atoms with Crippen molar-refractivity contribution in [2.75, 3.05) is 45.0 Å². The van der Waals surface area contributed by atoms with E-state index in [0.29, 0.717) is 5.75 Å². The number of methoxy groups -OCH3 is 1. The molecule has 1 aliphatic heterocycles. The van der Waals surface area contributed by atoms with Gasteiger partial charge in [-0.05, 0) is 12.1 Å². The third-order valence-corrected chi connectivity index (χ3v) is 2.71. The second kappa shape index (κ2) is 5.84. The second-order valence-electron chi connectivity index (χ2n) is 3.90. The third kappa shape index (κ3) is 3.08. The molecule has 5 heteroatoms. The van der Waals surface area contributed by atoms with Crippen molar-refractivity contribution in [3.05, 3.63) is 24.0 Å². The first-order valence-corrected chi connectivity index (χ1v) is 5.68. The fraction of sp³-hybridized carbons (Fsp3) is 0.500. The van der Waals surface area contributed by atoms with E-state index in [1.165, 1.54) is 12.1 Å². The molecule has 1 aliphatic rings. The van der Waals surface area contributed by atoms with Crippen LogP contribution < -0.4 is 15.0 Å². The van der Waals surface area contributed by atoms with Gasteiger partial charge in [0.15, 0.2) is 6.79 Å². The van der Waals surface area contributed by atoms with Crippen LogP contribution in [0, 0.1) is 5.82 Å². The summed E-state index contributed by atoms with van der Waals surface area (Å²) in [5.41, 5.74) is 0.795. The molecule has 0 atom stereocenters. The molecule has 0 saturated carbocycles. The molecule has 1 fully saturated rings. The monoisotopic (exact) mass is 240 g/mol. The Balaban J connectivity index is 2.19. The lowest BCUT2D eigenvalue weighted by Crippen LogP contribution is -2.43. The Bertz CT molecular complexity index is 368. The van der Waals surface area contributed by atoms with Crippen molar-refractivity contribution in [1.29, 1.82) is 0 Å². The zero-order valence-corrected chi connectivity index (χ0v) is 9.91. The number of benzene rings is 1. The van der Waals surface area contributed by atoms with Crippen LogP contribution in [0.3, 0.4) is 0 Å². The normalized spacial score (nSPS) is 16.0. The van der Waals surface area contributed by atoms with E-state index in [2.05, 4.69) is 10.2 Å². The van der Waals surface area contributed by atoms with E-state index in [1.54, 1.807) is 13.2 Å². The molecule has 0 bridgehead atoms. The Kier molecular flexibility index (Phi) is 4.17. The van der Waals surface area contributed by atoms with Gasteiger partial charge >= 0.3 is 0 Å². The Morgan fingerprint density at radius 2 is 2.12 bits per heavy atom. The van der Waals surface area contributed by atoms with E-state index in [-0.39, 0.29) is 12.6 Å². The summed E-state index contributed by atoms with van der Waals surface area (Å²) in [7, 11) is 1.56. The number of anilines is 1. The number of piperazine rings is 1. The summed E-state index contributed by atoms with van der Waals surface area (Å²) in [4.78, 5) is 2.12. The van der Waals surface area contributed by atoms with Gasteiger partial charge in [0, 0.05) is 39.4 Å². The molecule has 0 unspecified atom stereocenters. The van der Waals surface area contributed by atoms with E-state index in [4.69, 9.17) is 9.47 Å². The van der Waals surface area contributed by atoms with Crippen molar-refractivity contribution >= 4 is 5.69 Å². The largest absolute Gasteiger partial charge is 0.465 e. The third-order valence-electron chi connectivity index (χ3n) is 2.71. The molecule has 0 radical (unpaired) electrons. The summed E-state index contributed by atoms with van der Waals surface area (Å²) in [6.45, 7) is 3.69. The molecule has 1 N–H and O–H groups in total. The Morgan fingerprint density at radius 1 is 1.35 bits per heavy atom. The van der Waals surface area contributed by atoms with Gasteiger partial charge in [0.1, 0.15) is 11.6 Å². The molecule has 94 valence electrons. The lowest BCUT2D eigenvalue weighted by Gasteiger charge is -2.30. The minimum absolute atomic E-state index is 0.171. The zero-order chi connectivity index (χ0) is 12.1. The van der Waals surface area contributed by atoms with Gasteiger partial charge in [0.25, 0.3) is 0 Å². The Morgan fingerprint density at radius 3 is 2.82 bits per heavy atom. The maximum absolute atomic E-state index is 13.3. The van der Waals surface area contributed by atoms with Crippen LogP contribution >= 0.6 is 0 Å². The molecule has 2 rings (SSSR count). The van der Waals surface area contributed by atoms with Crippen molar-refractivity contribution in [3.63, 3.8) is 0 Å². The molecule has 1 heterocycles. The van der Waals surface area contributed by atoms with Crippen LogP contribution in [0.15, 0.2) is 18.2 Å². The van der Waals surface area contributed by atoms with Gasteiger partial charge in [0.05, 0.1) is 5.69 Å². The summed E-state index contributed by atoms with van der Waals surface area (Å²) < 4.78 is 23.6. The van der Waals surface area contributed by atoms with Crippen LogP contribution in [0.2, 0.25) is 0 Å². The van der Waals surface area contributed by atoms with Crippen LogP contribution in [0.25, 0.3) is 0 Å². The lowest BCUT2D eigenvalue weighted by atomic mass is 10.2. The highest BCUT2D eigenvalue weighted by molar-refractivity contribution is 5.59. The average molecular weight is 240 g/mol. The van der Waals surface area contributed by atoms with Crippen LogP contribution in [0.5, 0.6) is 5.75 Å². The van der Waals surface area contributed by atoms with Crippen molar-refractivity contribution in [2.24, 2.45) is 0 Å². The maximum Gasteiger partial charge on any atom is 0.188 e. The molecule has 0 aromatic heterocycles. The van der Waals surface area contributed by atoms with Crippen LogP contribution in [0.4, 0.5) is 10.1 Å². The smallest absolute Gasteiger partial charge is 0.188 e. The standard InChI is InChI=1S/C12H17FN2O2/c1-16-9-17-12-3-2-10(13)8-11(12)15-6-4-14-5-7-15/h2-3,8,14H,4-7,9H2,1H3. The molecule has 0 spiro atoms. The van der Waals surface area contributed by atoms with E-state index in [9.17, 15) is 4.39 Å². The van der Waals surface area contributed by atoms with Gasteiger partial charge in [0.2, 0.25) is 0 Å². The van der Waals surface area contributed by atoms with E-state index < -0.39 is 0 Å². The molecule has 1 saturated heterocycles. The minimum atomic E-state index is -0.247. The number of hydrogen-bond acceptors (Lipinski definition) is 4. The predicted octanol–water partition coefficient (Wildman–Crippen LogP) is 1.22. The second-order valence-corrected chi connectivity index (χ2v) is 3.90. The van der Waals surface area contributed by atoms with Gasteiger partial charge in [-0.1, -0.05) is 0 Å². The topological polar surface area (TPSA) is 33.7 Å². The quantitative estimate of drug-likeness (QED) is 0.802. The fourth-order valence-electron chi connectivity index (χ4n) is 1.89. The molecule has 4 nitrogen and oxygen atoms in total. The molecule has 1 aromatic rings. The summed E-state index contributed by atoms with van der Waals surface area (Å²) in [5, 5.41) is 3.26. The number of halogens is 1. The number of nitrogens with zero attached hydrogens (tertiary/aromatic N) is 1. The minimum Gasteiger partial charge on any atom is -0.465 e. The number of rotatable bonds is 4. The maximum atomic E-state index is 13.3. The van der Waals surface area contributed by atoms with Crippen molar-refractivity contribution in [2.45, 2.75) is 0 Å². The molecule has 1 aromatic carbocycles. The Labute approximate surface area is 100 Å². The summed E-state index contributed by atoms with van der Waals surface area (Å²) in [6.07, 6.45) is 0. The zero-order valence-electron chi connectivity index (χ0n) is 9.91. The number of ether oxygens (including phenoxy) is 2. The fourth-order valence-corrected chi connectivity index (χ4v) is 1.89. The van der Waals surface area contributed by atoms with Gasteiger partial charge in [-0.3, -0.25) is 0 Å². The van der Waals surface area contributed by atoms with Gasteiger partial charge in [-0.25, -0.2) is 4.39 Å². The first-order valence-electron chi connectivity index (χ1n) is 5.68. The van der Waals surface area contributed by atoms with Crippen LogP contribution in [0.1, 0.15) is 0 Å². The summed E-state index contributed by atoms with van der Waals surface area (Å²) in [5.74, 6) is 0.415. The molecule has 17 heavy (non-hydrogen) atoms. The van der Waals surface area contributed by atoms with Gasteiger partial charge in [-0.15, -0.1) is 0 Å². The van der Waals surface area contributed by atoms with Crippen molar-refractivity contribution < 1.29 is 13.9 Å². The van der Waals surface area contributed by atoms with Crippen molar-refractivity contribution in [1.82, 2.24) is 5.32 Å². The Hall–Kier alpha value is -1.33. The summed E-state index contributed by atoms with van der Waals surface area (Å²) >= 11 is 0. The first-order chi connectivity index (χ1) is 8.31. The highest BCUT2D eigenvalue weighted by atomic mass is 19.1. The lowest BCUT2D eigenvalue weighted by molar-refractivity contribution is 0.0513. The van der Waals surface area contributed by atoms with Gasteiger partial charge < -0.3 is 19.7 Å². The number of nitrogens with one attached hydrogen (secondary N) is 1. The first kappa shape index (κ1) is 12.1. The highest BCUT2D eigenvalue weighted by Gasteiger charge is 2.15. The molecular weight excluding hydrogens is 223 g/mol. The average Bonchev–Trinajstić information content (AvgIpc) is 2.38. The summed E-state index contributed by atoms with van der Waals surface area (Å²) in [6, 6.07) is 4.55. The molecule has 0 aliphatic carbocycles. The van der Waals surface area contributed by atoms with Crippen LogP contribution in [-0.4, -0.2) is 40.1 Å². The van der Waals surface area contributed by atoms with E-state index in [0.717, 1.165) is 31.9 Å². The van der Waals surface area contributed by atoms with Gasteiger partial charge in [-0.2, -0.15) is 0 Å². The molecule has 0 amide bonds. The highest BCUT2D eigenvalue weighted by Crippen LogP contribution is 2.29. The van der Waals surface area contributed by atoms with Crippen molar-refractivity contribution in [3.8, 4) is 5.75 Å². The molecular formula is C12H17FN2O2. The van der Waals surface area contributed by atoms with E-state index in [1.807, 2.05) is 0 Å². The van der Waals surface area contributed by atoms with Crippen LogP contribution in [-0.2, 0) is 4.74 Å². The predicted molar refractivity (Wildman–Crippen MR) is 64.0 cm³/mol. The van der Waals surface area contributed by atoms with E-state index >= 15 is 0 Å². The SMILES string of the molecule is COCOc1ccc(F)cc1N1CCNCC1. The number of hydrogen-bond donors (Lipinski definition) is 1.